The highest BCUT2D eigenvalue weighted by Gasteiger charge is 2.56. The molecule has 0 aliphatic rings. The molecule has 74 valence electrons. The number of hydrogen-bond acceptors (Lipinski definition) is 4. The monoisotopic (exact) mass is 209 g/mol. The minimum absolute atomic E-state index is 1.14. The van der Waals surface area contributed by atoms with Gasteiger partial charge in [0.2, 0.25) is 0 Å². The third kappa shape index (κ3) is 1.86. The average molecular weight is 210 g/mol. The summed E-state index contributed by atoms with van der Waals surface area (Å²) >= 11 is 5.25. The number of nitrogens with one attached hydrogen (secondary N) is 2. The van der Waals surface area contributed by atoms with E-state index in [0.717, 1.165) is 14.1 Å². The Balaban J connectivity index is 5.06. The van der Waals surface area contributed by atoms with E-state index in [1.54, 1.807) is 0 Å². The molecule has 13 heavy (non-hydrogen) atoms. The van der Waals surface area contributed by atoms with Gasteiger partial charge >= 0.3 is 16.8 Å². The molecule has 0 aliphatic carbocycles. The first-order chi connectivity index (χ1) is 5.91. The Morgan fingerprint density at radius 3 is 1.77 bits per heavy atom. The van der Waals surface area contributed by atoms with Crippen molar-refractivity contribution in [1.29, 1.82) is 0 Å². The van der Waals surface area contributed by atoms with Crippen molar-refractivity contribution < 1.29 is 14.5 Å². The van der Waals surface area contributed by atoms with Crippen LogP contribution in [0.3, 0.4) is 0 Å². The lowest BCUT2D eigenvalue weighted by Crippen LogP contribution is -2.56. The fraction of sp³-hybridized carbons (Fsp3) is 0.600. The number of nitrogens with zero attached hydrogens (tertiary/aromatic N) is 1. The van der Waals surface area contributed by atoms with Crippen molar-refractivity contribution in [3.8, 4) is 0 Å². The Morgan fingerprint density at radius 2 is 1.62 bits per heavy atom. The molecule has 2 amide bonds. The zero-order valence-electron chi connectivity index (χ0n) is 6.96. The third-order valence-corrected chi connectivity index (χ3v) is 1.79. The number of hydrogen-bond donors (Lipinski definition) is 2. The standard InChI is InChI=1S/C5H8ClN3O4/c1-7-3(10)5(6,9(12)13)4(11)8-2/h1-2H3,(H,7,10)(H,8,11). The lowest BCUT2D eigenvalue weighted by molar-refractivity contribution is -0.511. The number of rotatable bonds is 3. The van der Waals surface area contributed by atoms with Crippen molar-refractivity contribution >= 4 is 23.4 Å². The normalized spacial score (nSPS) is 10.4. The Labute approximate surface area is 78.6 Å². The molecule has 0 fully saturated rings. The number of alkyl halides is 1. The molecule has 0 heterocycles. The second-order valence-corrected chi connectivity index (χ2v) is 2.58. The zero-order valence-corrected chi connectivity index (χ0v) is 7.71. The molecule has 0 aliphatic heterocycles. The summed E-state index contributed by atoms with van der Waals surface area (Å²) in [7, 11) is 2.29. The van der Waals surface area contributed by atoms with Crippen LogP contribution in [0.15, 0.2) is 0 Å². The Morgan fingerprint density at radius 1 is 1.31 bits per heavy atom. The summed E-state index contributed by atoms with van der Waals surface area (Å²) in [6.45, 7) is 0. The van der Waals surface area contributed by atoms with Crippen molar-refractivity contribution in [2.75, 3.05) is 14.1 Å². The van der Waals surface area contributed by atoms with Gasteiger partial charge in [-0.3, -0.25) is 19.7 Å². The van der Waals surface area contributed by atoms with E-state index in [-0.39, 0.29) is 0 Å². The van der Waals surface area contributed by atoms with E-state index >= 15 is 0 Å². The molecule has 2 N–H and O–H groups in total. The van der Waals surface area contributed by atoms with Crippen LogP contribution in [0.4, 0.5) is 0 Å². The van der Waals surface area contributed by atoms with Gasteiger partial charge in [-0.15, -0.1) is 0 Å². The SMILES string of the molecule is CNC(=O)C(Cl)(C(=O)NC)[N+](=O)[O-]. The molecule has 7 nitrogen and oxygen atoms in total. The summed E-state index contributed by atoms with van der Waals surface area (Å²) in [4.78, 5) is 28.3. The number of amides is 2. The molecule has 8 heteroatoms. The first-order valence-electron chi connectivity index (χ1n) is 3.19. The molecule has 0 aromatic carbocycles. The van der Waals surface area contributed by atoms with Crippen molar-refractivity contribution in [2.45, 2.75) is 5.00 Å². The first-order valence-corrected chi connectivity index (χ1v) is 3.56. The smallest absolute Gasteiger partial charge is 0.351 e. The van der Waals surface area contributed by atoms with Crippen molar-refractivity contribution in [3.63, 3.8) is 0 Å². The lowest BCUT2D eigenvalue weighted by Gasteiger charge is -2.13. The number of likely N-dealkylation sites (N-methyl/N-ethyl adjacent to an activating group) is 2. The average Bonchev–Trinajstić information content (AvgIpc) is 2.13. The summed E-state index contributed by atoms with van der Waals surface area (Å²) in [6, 6.07) is 0. The molecule has 0 spiro atoms. The molecule has 0 saturated heterocycles. The lowest BCUT2D eigenvalue weighted by atomic mass is 10.2. The fourth-order valence-electron chi connectivity index (χ4n) is 0.600. The van der Waals surface area contributed by atoms with Gasteiger partial charge in [0.05, 0.1) is 4.92 Å². The Hall–Kier alpha value is -1.37. The summed E-state index contributed by atoms with van der Waals surface area (Å²) in [6.07, 6.45) is 0. The minimum Gasteiger partial charge on any atom is -0.351 e. The second-order valence-electron chi connectivity index (χ2n) is 2.04. The van der Waals surface area contributed by atoms with Gasteiger partial charge in [-0.25, -0.2) is 0 Å². The number of carbonyl (C=O) groups is 2. The van der Waals surface area contributed by atoms with Crippen LogP contribution in [0.25, 0.3) is 0 Å². The van der Waals surface area contributed by atoms with Gasteiger partial charge in [0, 0.05) is 14.1 Å². The number of halogens is 1. The van der Waals surface area contributed by atoms with Gasteiger partial charge < -0.3 is 10.6 Å². The van der Waals surface area contributed by atoms with Gasteiger partial charge in [0.15, 0.2) is 0 Å². The van der Waals surface area contributed by atoms with Crippen LogP contribution in [0.5, 0.6) is 0 Å². The highest BCUT2D eigenvalue weighted by molar-refractivity contribution is 6.44. The van der Waals surface area contributed by atoms with Gasteiger partial charge in [-0.1, -0.05) is 0 Å². The Bertz CT molecular complexity index is 238. The van der Waals surface area contributed by atoms with E-state index in [9.17, 15) is 19.7 Å². The number of nitro groups is 1. The molecule has 0 unspecified atom stereocenters. The van der Waals surface area contributed by atoms with Crippen LogP contribution in [-0.2, 0) is 9.59 Å². The van der Waals surface area contributed by atoms with E-state index in [4.69, 9.17) is 11.6 Å². The van der Waals surface area contributed by atoms with E-state index in [1.165, 1.54) is 0 Å². The summed E-state index contributed by atoms with van der Waals surface area (Å²) in [5.41, 5.74) is 0. The van der Waals surface area contributed by atoms with Gasteiger partial charge in [-0.05, 0) is 11.6 Å². The minimum atomic E-state index is -2.79. The maximum atomic E-state index is 10.9. The zero-order chi connectivity index (χ0) is 10.6. The topological polar surface area (TPSA) is 101 Å². The van der Waals surface area contributed by atoms with Crippen molar-refractivity contribution in [2.24, 2.45) is 0 Å². The second kappa shape index (κ2) is 4.04. The molecule has 0 bridgehead atoms. The molecule has 0 radical (unpaired) electrons. The molecule has 0 atom stereocenters. The molecular weight excluding hydrogens is 202 g/mol. The van der Waals surface area contributed by atoms with Crippen molar-refractivity contribution in [3.05, 3.63) is 10.1 Å². The maximum Gasteiger partial charge on any atom is 0.448 e. The Kier molecular flexibility index (Phi) is 3.61. The van der Waals surface area contributed by atoms with Gasteiger partial charge in [0.25, 0.3) is 0 Å². The molecule has 0 saturated carbocycles. The highest BCUT2D eigenvalue weighted by atomic mass is 35.5. The predicted molar refractivity (Wildman–Crippen MR) is 43.7 cm³/mol. The van der Waals surface area contributed by atoms with Crippen LogP contribution in [0, 0.1) is 10.1 Å². The predicted octanol–water partition coefficient (Wildman–Crippen LogP) is -1.31. The first kappa shape index (κ1) is 11.6. The van der Waals surface area contributed by atoms with Gasteiger partial charge in [-0.2, -0.15) is 0 Å². The summed E-state index contributed by atoms with van der Waals surface area (Å²) in [5, 5.41) is 14.2. The summed E-state index contributed by atoms with van der Waals surface area (Å²) < 4.78 is 0. The van der Waals surface area contributed by atoms with Crippen LogP contribution >= 0.6 is 11.6 Å². The molecular formula is C5H8ClN3O4. The van der Waals surface area contributed by atoms with Crippen LogP contribution in [-0.4, -0.2) is 35.8 Å². The van der Waals surface area contributed by atoms with Crippen LogP contribution in [0.1, 0.15) is 0 Å². The van der Waals surface area contributed by atoms with E-state index < -0.39 is 21.7 Å². The van der Waals surface area contributed by atoms with Crippen molar-refractivity contribution in [1.82, 2.24) is 10.6 Å². The molecule has 0 aromatic heterocycles. The van der Waals surface area contributed by atoms with E-state index in [1.807, 2.05) is 10.6 Å². The third-order valence-electron chi connectivity index (χ3n) is 1.31. The largest absolute Gasteiger partial charge is 0.448 e. The number of carbonyl (C=O) groups excluding carboxylic acids is 2. The fourth-order valence-corrected chi connectivity index (χ4v) is 0.789. The molecule has 0 aromatic rings. The van der Waals surface area contributed by atoms with Crippen LogP contribution < -0.4 is 10.6 Å². The molecule has 0 rings (SSSR count). The van der Waals surface area contributed by atoms with Crippen LogP contribution in [0.2, 0.25) is 0 Å². The van der Waals surface area contributed by atoms with E-state index in [0.29, 0.717) is 0 Å². The summed E-state index contributed by atoms with van der Waals surface area (Å²) in [5.74, 6) is -2.36. The van der Waals surface area contributed by atoms with E-state index in [2.05, 4.69) is 0 Å². The highest BCUT2D eigenvalue weighted by Crippen LogP contribution is 2.16. The quantitative estimate of drug-likeness (QED) is 0.198. The maximum absolute atomic E-state index is 10.9. The van der Waals surface area contributed by atoms with Gasteiger partial charge in [0.1, 0.15) is 0 Å².